The third kappa shape index (κ3) is 3.60. The zero-order valence-corrected chi connectivity index (χ0v) is 15.4. The standard InChI is InChI=1S/C21H23N3O3/c1-22-19-8-7-18(13-17(19)14-20(22)25)23-9-11-24(12-10-23)21(26)27-15-16-5-3-2-4-6-16/h2-8,13H,9-12,14-15H2,1H3. The molecule has 0 atom stereocenters. The summed E-state index contributed by atoms with van der Waals surface area (Å²) in [5, 5.41) is 0. The second kappa shape index (κ2) is 7.31. The summed E-state index contributed by atoms with van der Waals surface area (Å²) in [5.74, 6) is 0.133. The predicted octanol–water partition coefficient (Wildman–Crippen LogP) is 2.66. The molecular formula is C21H23N3O3. The molecule has 0 bridgehead atoms. The van der Waals surface area contributed by atoms with Gasteiger partial charge >= 0.3 is 6.09 Å². The Morgan fingerprint density at radius 1 is 1.04 bits per heavy atom. The Bertz CT molecular complexity index is 845. The molecular weight excluding hydrogens is 342 g/mol. The Hall–Kier alpha value is -3.02. The van der Waals surface area contributed by atoms with Crippen molar-refractivity contribution in [1.29, 1.82) is 0 Å². The maximum absolute atomic E-state index is 12.3. The van der Waals surface area contributed by atoms with E-state index in [0.717, 1.165) is 35.6 Å². The number of piperazine rings is 1. The lowest BCUT2D eigenvalue weighted by Crippen LogP contribution is -2.48. The van der Waals surface area contributed by atoms with Crippen molar-refractivity contribution < 1.29 is 14.3 Å². The lowest BCUT2D eigenvalue weighted by atomic mass is 10.1. The number of likely N-dealkylation sites (N-methyl/N-ethyl adjacent to an activating group) is 1. The summed E-state index contributed by atoms with van der Waals surface area (Å²) < 4.78 is 5.42. The number of ether oxygens (including phenoxy) is 1. The van der Waals surface area contributed by atoms with Gasteiger partial charge in [0.25, 0.3) is 0 Å². The van der Waals surface area contributed by atoms with Crippen LogP contribution in [-0.4, -0.2) is 50.1 Å². The molecule has 1 saturated heterocycles. The van der Waals surface area contributed by atoms with Gasteiger partial charge in [0.2, 0.25) is 5.91 Å². The van der Waals surface area contributed by atoms with E-state index in [1.54, 1.807) is 9.80 Å². The second-order valence-corrected chi connectivity index (χ2v) is 6.96. The van der Waals surface area contributed by atoms with Gasteiger partial charge in [-0.2, -0.15) is 0 Å². The maximum Gasteiger partial charge on any atom is 0.410 e. The van der Waals surface area contributed by atoms with E-state index in [9.17, 15) is 9.59 Å². The largest absolute Gasteiger partial charge is 0.445 e. The lowest BCUT2D eigenvalue weighted by molar-refractivity contribution is -0.117. The molecule has 140 valence electrons. The second-order valence-electron chi connectivity index (χ2n) is 6.96. The summed E-state index contributed by atoms with van der Waals surface area (Å²) in [7, 11) is 1.81. The number of rotatable bonds is 3. The Kier molecular flexibility index (Phi) is 4.71. The molecule has 6 nitrogen and oxygen atoms in total. The average Bonchev–Trinajstić information content (AvgIpc) is 3.00. The zero-order chi connectivity index (χ0) is 18.8. The summed E-state index contributed by atoms with van der Waals surface area (Å²) in [6, 6.07) is 15.9. The summed E-state index contributed by atoms with van der Waals surface area (Å²) in [4.78, 5) is 29.9. The molecule has 2 aliphatic rings. The normalized spacial score (nSPS) is 16.5. The first-order valence-electron chi connectivity index (χ1n) is 9.22. The quantitative estimate of drug-likeness (QED) is 0.839. The van der Waals surface area contributed by atoms with Gasteiger partial charge in [0.15, 0.2) is 0 Å². The van der Waals surface area contributed by atoms with Gasteiger partial charge in [0.1, 0.15) is 6.61 Å². The zero-order valence-electron chi connectivity index (χ0n) is 15.4. The van der Waals surface area contributed by atoms with E-state index >= 15 is 0 Å². The van der Waals surface area contributed by atoms with E-state index in [0.29, 0.717) is 26.1 Å². The van der Waals surface area contributed by atoms with Crippen molar-refractivity contribution in [1.82, 2.24) is 4.90 Å². The molecule has 2 aromatic rings. The van der Waals surface area contributed by atoms with Crippen LogP contribution >= 0.6 is 0 Å². The van der Waals surface area contributed by atoms with Gasteiger partial charge in [-0.25, -0.2) is 4.79 Å². The fraction of sp³-hybridized carbons (Fsp3) is 0.333. The maximum atomic E-state index is 12.3. The van der Waals surface area contributed by atoms with E-state index in [1.165, 1.54) is 0 Å². The van der Waals surface area contributed by atoms with Crippen LogP contribution < -0.4 is 9.80 Å². The van der Waals surface area contributed by atoms with Crippen molar-refractivity contribution in [2.45, 2.75) is 13.0 Å². The molecule has 0 radical (unpaired) electrons. The first-order chi connectivity index (χ1) is 13.1. The molecule has 27 heavy (non-hydrogen) atoms. The number of benzene rings is 2. The molecule has 0 aromatic heterocycles. The summed E-state index contributed by atoms with van der Waals surface area (Å²) in [6.07, 6.45) is 0.200. The van der Waals surface area contributed by atoms with Crippen molar-refractivity contribution in [3.8, 4) is 0 Å². The minimum Gasteiger partial charge on any atom is -0.445 e. The average molecular weight is 365 g/mol. The Morgan fingerprint density at radius 2 is 1.78 bits per heavy atom. The molecule has 1 fully saturated rings. The van der Waals surface area contributed by atoms with Gasteiger partial charge in [-0.1, -0.05) is 30.3 Å². The molecule has 0 unspecified atom stereocenters. The monoisotopic (exact) mass is 365 g/mol. The van der Waals surface area contributed by atoms with Crippen molar-refractivity contribution in [2.75, 3.05) is 43.0 Å². The number of fused-ring (bicyclic) bond motifs is 1. The van der Waals surface area contributed by atoms with Crippen molar-refractivity contribution in [2.24, 2.45) is 0 Å². The van der Waals surface area contributed by atoms with E-state index in [-0.39, 0.29) is 12.0 Å². The van der Waals surface area contributed by atoms with Gasteiger partial charge in [0, 0.05) is 44.6 Å². The Balaban J connectivity index is 1.32. The SMILES string of the molecule is CN1C(=O)Cc2cc(N3CCN(C(=O)OCc4ccccc4)CC3)ccc21. The highest BCUT2D eigenvalue weighted by molar-refractivity contribution is 6.01. The smallest absolute Gasteiger partial charge is 0.410 e. The summed E-state index contributed by atoms with van der Waals surface area (Å²) in [6.45, 7) is 3.06. The van der Waals surface area contributed by atoms with Crippen molar-refractivity contribution in [3.05, 3.63) is 59.7 Å². The fourth-order valence-corrected chi connectivity index (χ4v) is 3.61. The van der Waals surface area contributed by atoms with Crippen LogP contribution in [0.15, 0.2) is 48.5 Å². The third-order valence-electron chi connectivity index (χ3n) is 5.25. The molecule has 0 N–H and O–H groups in total. The molecule has 2 heterocycles. The number of carbonyl (C=O) groups is 2. The van der Waals surface area contributed by atoms with E-state index in [2.05, 4.69) is 17.0 Å². The molecule has 0 spiro atoms. The van der Waals surface area contributed by atoms with E-state index in [1.807, 2.05) is 43.4 Å². The van der Waals surface area contributed by atoms with Gasteiger partial charge in [-0.15, -0.1) is 0 Å². The highest BCUT2D eigenvalue weighted by Gasteiger charge is 2.26. The summed E-state index contributed by atoms with van der Waals surface area (Å²) >= 11 is 0. The number of amides is 2. The summed E-state index contributed by atoms with van der Waals surface area (Å²) in [5.41, 5.74) is 4.16. The first-order valence-corrected chi connectivity index (χ1v) is 9.22. The fourth-order valence-electron chi connectivity index (χ4n) is 3.61. The van der Waals surface area contributed by atoms with Crippen LogP contribution in [-0.2, 0) is 22.6 Å². The van der Waals surface area contributed by atoms with Crippen LogP contribution in [0.2, 0.25) is 0 Å². The van der Waals surface area contributed by atoms with Gasteiger partial charge in [-0.05, 0) is 29.3 Å². The molecule has 0 aliphatic carbocycles. The molecule has 0 saturated carbocycles. The number of anilines is 2. The predicted molar refractivity (Wildman–Crippen MR) is 104 cm³/mol. The Labute approximate surface area is 158 Å². The van der Waals surface area contributed by atoms with Gasteiger partial charge < -0.3 is 19.4 Å². The number of carbonyl (C=O) groups excluding carboxylic acids is 2. The highest BCUT2D eigenvalue weighted by Crippen LogP contribution is 2.31. The molecule has 2 amide bonds. The van der Waals surface area contributed by atoms with Crippen molar-refractivity contribution >= 4 is 23.4 Å². The molecule has 6 heteroatoms. The lowest BCUT2D eigenvalue weighted by Gasteiger charge is -2.35. The van der Waals surface area contributed by atoms with E-state index in [4.69, 9.17) is 4.74 Å². The first kappa shape index (κ1) is 17.4. The number of nitrogens with zero attached hydrogens (tertiary/aromatic N) is 3. The number of hydrogen-bond donors (Lipinski definition) is 0. The minimum absolute atomic E-state index is 0.133. The third-order valence-corrected chi connectivity index (χ3v) is 5.25. The van der Waals surface area contributed by atoms with Crippen molar-refractivity contribution in [3.63, 3.8) is 0 Å². The van der Waals surface area contributed by atoms with Gasteiger partial charge in [0.05, 0.1) is 6.42 Å². The molecule has 2 aromatic carbocycles. The minimum atomic E-state index is -0.264. The van der Waals surface area contributed by atoms with Crippen LogP contribution in [0.5, 0.6) is 0 Å². The van der Waals surface area contributed by atoms with Crippen LogP contribution in [0.25, 0.3) is 0 Å². The van der Waals surface area contributed by atoms with Crippen LogP contribution in [0.3, 0.4) is 0 Å². The highest BCUT2D eigenvalue weighted by atomic mass is 16.6. The molecule has 2 aliphatic heterocycles. The van der Waals surface area contributed by atoms with Crippen LogP contribution in [0.1, 0.15) is 11.1 Å². The van der Waals surface area contributed by atoms with E-state index < -0.39 is 0 Å². The topological polar surface area (TPSA) is 53.1 Å². The van der Waals surface area contributed by atoms with Crippen LogP contribution in [0, 0.1) is 0 Å². The van der Waals surface area contributed by atoms with Crippen LogP contribution in [0.4, 0.5) is 16.2 Å². The van der Waals surface area contributed by atoms with Gasteiger partial charge in [-0.3, -0.25) is 4.79 Å². The number of hydrogen-bond acceptors (Lipinski definition) is 4. The molecule has 4 rings (SSSR count). The Morgan fingerprint density at radius 3 is 2.52 bits per heavy atom.